The number of nitrogens with two attached hydrogens (primary N) is 1. The van der Waals surface area contributed by atoms with Gasteiger partial charge in [0.1, 0.15) is 0 Å². The fourth-order valence-corrected chi connectivity index (χ4v) is 2.14. The van der Waals surface area contributed by atoms with Gasteiger partial charge in [0.2, 0.25) is 0 Å². The summed E-state index contributed by atoms with van der Waals surface area (Å²) in [6.07, 6.45) is 2.26. The summed E-state index contributed by atoms with van der Waals surface area (Å²) in [5.74, 6) is 0.724. The summed E-state index contributed by atoms with van der Waals surface area (Å²) in [6, 6.07) is 0. The van der Waals surface area contributed by atoms with Crippen molar-refractivity contribution in [1.82, 2.24) is 0 Å². The van der Waals surface area contributed by atoms with Gasteiger partial charge in [-0.15, -0.1) is 0 Å². The van der Waals surface area contributed by atoms with Crippen LogP contribution in [0.2, 0.25) is 0 Å². The van der Waals surface area contributed by atoms with Crippen molar-refractivity contribution in [3.63, 3.8) is 0 Å². The van der Waals surface area contributed by atoms with E-state index in [1.807, 2.05) is 0 Å². The lowest BCUT2D eigenvalue weighted by Crippen LogP contribution is -2.26. The Balaban J connectivity index is 4.11. The molecule has 0 heterocycles. The molecule has 0 amide bonds. The predicted octanol–water partition coefficient (Wildman–Crippen LogP) is 3.13. The maximum Gasteiger partial charge on any atom is 0.0257 e. The molecule has 1 nitrogen and oxygen atoms in total. The summed E-state index contributed by atoms with van der Waals surface area (Å²) < 4.78 is 0.322. The molecule has 0 aromatic carbocycles. The minimum Gasteiger partial charge on any atom is -0.327 e. The Morgan fingerprint density at radius 3 is 2.50 bits per heavy atom. The topological polar surface area (TPSA) is 26.0 Å². The molecule has 0 aliphatic heterocycles. The van der Waals surface area contributed by atoms with Crippen LogP contribution in [0.5, 0.6) is 0 Å². The lowest BCUT2D eigenvalue weighted by molar-refractivity contribution is 0.436. The van der Waals surface area contributed by atoms with E-state index in [1.165, 1.54) is 6.42 Å². The maximum atomic E-state index is 5.52. The fourth-order valence-electron chi connectivity index (χ4n) is 1.16. The monoisotopic (exact) mass is 281 g/mol. The quantitative estimate of drug-likeness (QED) is 0.467. The molecule has 0 saturated heterocycles. The van der Waals surface area contributed by atoms with Gasteiger partial charge in [-0.2, -0.15) is 0 Å². The summed E-state index contributed by atoms with van der Waals surface area (Å²) in [6.45, 7) is 11.4. The highest BCUT2D eigenvalue weighted by atomic mass is 127. The molecular formula is C10H20IN. The highest BCUT2D eigenvalue weighted by Crippen LogP contribution is 2.35. The zero-order valence-corrected chi connectivity index (χ0v) is 10.5. The minimum absolute atomic E-state index is 0.322. The van der Waals surface area contributed by atoms with Crippen molar-refractivity contribution in [2.24, 2.45) is 11.7 Å². The number of hydrogen-bond acceptors (Lipinski definition) is 1. The van der Waals surface area contributed by atoms with Gasteiger partial charge in [0, 0.05) is 9.97 Å². The number of rotatable bonds is 5. The smallest absolute Gasteiger partial charge is 0.0257 e. The normalized spacial score (nSPS) is 18.4. The van der Waals surface area contributed by atoms with Crippen molar-refractivity contribution in [1.29, 1.82) is 0 Å². The van der Waals surface area contributed by atoms with E-state index in [0.717, 1.165) is 17.9 Å². The molecule has 0 aliphatic carbocycles. The Bertz CT molecular complexity index is 152. The molecule has 0 aromatic heterocycles. The summed E-state index contributed by atoms with van der Waals surface area (Å²) in [7, 11) is 0. The van der Waals surface area contributed by atoms with Gasteiger partial charge in [-0.3, -0.25) is 0 Å². The third kappa shape index (κ3) is 3.90. The van der Waals surface area contributed by atoms with E-state index >= 15 is 0 Å². The Morgan fingerprint density at radius 1 is 1.67 bits per heavy atom. The number of hydrogen-bond donors (Lipinski definition) is 1. The van der Waals surface area contributed by atoms with Gasteiger partial charge in [-0.05, 0) is 19.3 Å². The second-order valence-electron chi connectivity index (χ2n) is 3.72. The summed E-state index contributed by atoms with van der Waals surface area (Å²) in [5.41, 5.74) is 6.68. The molecule has 0 unspecified atom stereocenters. The SMILES string of the molecule is C=C(CN)C[C@](C)(I)[C@@H](C)CC. The first kappa shape index (κ1) is 12.4. The minimum atomic E-state index is 0.322. The first-order chi connectivity index (χ1) is 5.44. The van der Waals surface area contributed by atoms with E-state index in [2.05, 4.69) is 49.9 Å². The molecule has 2 atom stereocenters. The van der Waals surface area contributed by atoms with Crippen LogP contribution in [0, 0.1) is 5.92 Å². The molecule has 2 N–H and O–H groups in total. The molecule has 0 rings (SSSR count). The average Bonchev–Trinajstić information content (AvgIpc) is 2.02. The van der Waals surface area contributed by atoms with Gasteiger partial charge < -0.3 is 5.73 Å². The Hall–Kier alpha value is 0.430. The third-order valence-electron chi connectivity index (χ3n) is 2.52. The maximum absolute atomic E-state index is 5.52. The molecule has 12 heavy (non-hydrogen) atoms. The van der Waals surface area contributed by atoms with Gasteiger partial charge in [0.25, 0.3) is 0 Å². The van der Waals surface area contributed by atoms with Gasteiger partial charge in [-0.1, -0.05) is 55.0 Å². The third-order valence-corrected chi connectivity index (χ3v) is 3.97. The second-order valence-corrected chi connectivity index (χ2v) is 6.18. The molecule has 72 valence electrons. The van der Waals surface area contributed by atoms with Crippen LogP contribution in [0.3, 0.4) is 0 Å². The highest BCUT2D eigenvalue weighted by molar-refractivity contribution is 14.1. The molecule has 0 aromatic rings. The molecular weight excluding hydrogens is 261 g/mol. The van der Waals surface area contributed by atoms with Crippen molar-refractivity contribution in [2.45, 2.75) is 37.0 Å². The molecule has 0 radical (unpaired) electrons. The summed E-state index contributed by atoms with van der Waals surface area (Å²) in [4.78, 5) is 0. The van der Waals surface area contributed by atoms with Crippen LogP contribution in [-0.2, 0) is 0 Å². The van der Waals surface area contributed by atoms with E-state index in [1.54, 1.807) is 0 Å². The average molecular weight is 281 g/mol. The van der Waals surface area contributed by atoms with Crippen molar-refractivity contribution < 1.29 is 0 Å². The van der Waals surface area contributed by atoms with Crippen LogP contribution in [0.4, 0.5) is 0 Å². The van der Waals surface area contributed by atoms with Crippen molar-refractivity contribution >= 4 is 22.6 Å². The first-order valence-electron chi connectivity index (χ1n) is 4.49. The second kappa shape index (κ2) is 5.22. The lowest BCUT2D eigenvalue weighted by atomic mass is 9.88. The summed E-state index contributed by atoms with van der Waals surface area (Å²) >= 11 is 2.52. The Kier molecular flexibility index (Phi) is 5.41. The van der Waals surface area contributed by atoms with Crippen molar-refractivity contribution in [2.75, 3.05) is 6.54 Å². The zero-order chi connectivity index (χ0) is 9.78. The van der Waals surface area contributed by atoms with Crippen LogP contribution >= 0.6 is 22.6 Å². The van der Waals surface area contributed by atoms with Gasteiger partial charge in [-0.25, -0.2) is 0 Å². The van der Waals surface area contributed by atoms with Crippen LogP contribution in [0.15, 0.2) is 12.2 Å². The molecule has 0 bridgehead atoms. The van der Waals surface area contributed by atoms with E-state index in [0.29, 0.717) is 9.97 Å². The van der Waals surface area contributed by atoms with Crippen LogP contribution in [-0.4, -0.2) is 9.97 Å². The van der Waals surface area contributed by atoms with Crippen LogP contribution in [0.1, 0.15) is 33.6 Å². The molecule has 0 spiro atoms. The summed E-state index contributed by atoms with van der Waals surface area (Å²) in [5, 5.41) is 0. The molecule has 2 heteroatoms. The van der Waals surface area contributed by atoms with Gasteiger partial charge in [0.05, 0.1) is 0 Å². The molecule has 0 aliphatic rings. The fraction of sp³-hybridized carbons (Fsp3) is 0.800. The largest absolute Gasteiger partial charge is 0.327 e. The van der Waals surface area contributed by atoms with Gasteiger partial charge in [0.15, 0.2) is 0 Å². The Labute approximate surface area is 89.9 Å². The van der Waals surface area contributed by atoms with Crippen molar-refractivity contribution in [3.05, 3.63) is 12.2 Å². The van der Waals surface area contributed by atoms with E-state index in [-0.39, 0.29) is 0 Å². The van der Waals surface area contributed by atoms with E-state index in [4.69, 9.17) is 5.73 Å². The zero-order valence-electron chi connectivity index (χ0n) is 8.36. The Morgan fingerprint density at radius 2 is 2.17 bits per heavy atom. The number of halogens is 1. The first-order valence-corrected chi connectivity index (χ1v) is 5.57. The standard InChI is InChI=1S/C10H20IN/c1-5-9(3)10(4,11)6-8(2)7-12/h9H,2,5-7,12H2,1,3-4H3/t9-,10-/m0/s1. The number of alkyl halides is 1. The van der Waals surface area contributed by atoms with E-state index in [9.17, 15) is 0 Å². The van der Waals surface area contributed by atoms with Crippen LogP contribution < -0.4 is 5.73 Å². The van der Waals surface area contributed by atoms with E-state index < -0.39 is 0 Å². The lowest BCUT2D eigenvalue weighted by Gasteiger charge is -2.29. The molecule has 0 saturated carbocycles. The predicted molar refractivity (Wildman–Crippen MR) is 64.7 cm³/mol. The highest BCUT2D eigenvalue weighted by Gasteiger charge is 2.26. The van der Waals surface area contributed by atoms with Crippen LogP contribution in [0.25, 0.3) is 0 Å². The molecule has 0 fully saturated rings. The van der Waals surface area contributed by atoms with Gasteiger partial charge >= 0.3 is 0 Å². The van der Waals surface area contributed by atoms with Crippen molar-refractivity contribution in [3.8, 4) is 0 Å².